The Labute approximate surface area is 207 Å². The Morgan fingerprint density at radius 3 is 2.47 bits per heavy atom. The number of aromatic amines is 1. The number of aromatic nitrogens is 3. The van der Waals surface area contributed by atoms with E-state index in [0.717, 1.165) is 0 Å². The lowest BCUT2D eigenvalue weighted by Gasteiger charge is -2.48. The molecular formula is C25H27FN6O4. The highest BCUT2D eigenvalue weighted by molar-refractivity contribution is 5.95. The molecule has 4 rings (SSSR count). The molecule has 3 aromatic rings. The third-order valence-corrected chi connectivity index (χ3v) is 6.05. The predicted molar refractivity (Wildman–Crippen MR) is 130 cm³/mol. The number of rotatable bonds is 6. The number of amides is 2. The van der Waals surface area contributed by atoms with Crippen LogP contribution in [0.2, 0.25) is 0 Å². The van der Waals surface area contributed by atoms with Gasteiger partial charge in [-0.25, -0.2) is 14.4 Å². The van der Waals surface area contributed by atoms with Crippen LogP contribution in [-0.4, -0.2) is 67.8 Å². The van der Waals surface area contributed by atoms with E-state index in [1.165, 1.54) is 55.0 Å². The number of H-pyrrole nitrogens is 1. The van der Waals surface area contributed by atoms with Crippen molar-refractivity contribution in [1.29, 1.82) is 0 Å². The summed E-state index contributed by atoms with van der Waals surface area (Å²) in [5, 5.41) is 2.76. The van der Waals surface area contributed by atoms with Crippen LogP contribution in [0.25, 0.3) is 0 Å². The Morgan fingerprint density at radius 2 is 1.86 bits per heavy atom. The summed E-state index contributed by atoms with van der Waals surface area (Å²) >= 11 is 0. The minimum absolute atomic E-state index is 0.175. The lowest BCUT2D eigenvalue weighted by atomic mass is 9.96. The fourth-order valence-electron chi connectivity index (χ4n) is 4.05. The summed E-state index contributed by atoms with van der Waals surface area (Å²) in [5.41, 5.74) is -0.401. The molecule has 36 heavy (non-hydrogen) atoms. The summed E-state index contributed by atoms with van der Waals surface area (Å²) in [6, 6.07) is 7.86. The van der Waals surface area contributed by atoms with Crippen LogP contribution in [0, 0.1) is 5.82 Å². The Hall–Kier alpha value is -4.12. The normalized spacial score (nSPS) is 16.3. The molecule has 1 aliphatic heterocycles. The molecule has 2 aromatic heterocycles. The van der Waals surface area contributed by atoms with Crippen molar-refractivity contribution in [1.82, 2.24) is 24.8 Å². The molecule has 1 atom stereocenters. The second-order valence-corrected chi connectivity index (χ2v) is 9.14. The smallest absolute Gasteiger partial charge is 0.255 e. The van der Waals surface area contributed by atoms with Crippen LogP contribution >= 0.6 is 0 Å². The van der Waals surface area contributed by atoms with Crippen molar-refractivity contribution in [3.63, 3.8) is 0 Å². The maximum Gasteiger partial charge on any atom is 0.255 e. The highest BCUT2D eigenvalue weighted by atomic mass is 19.1. The third kappa shape index (κ3) is 5.74. The number of anilines is 1. The molecule has 0 unspecified atom stereocenters. The van der Waals surface area contributed by atoms with Crippen LogP contribution in [0.4, 0.5) is 10.2 Å². The van der Waals surface area contributed by atoms with Gasteiger partial charge in [0, 0.05) is 31.9 Å². The first-order valence-electron chi connectivity index (χ1n) is 11.4. The van der Waals surface area contributed by atoms with E-state index < -0.39 is 11.6 Å². The van der Waals surface area contributed by atoms with Gasteiger partial charge in [0.25, 0.3) is 5.91 Å². The molecule has 1 aliphatic rings. The lowest BCUT2D eigenvalue weighted by Crippen LogP contribution is -2.63. The molecule has 2 amide bonds. The summed E-state index contributed by atoms with van der Waals surface area (Å²) in [7, 11) is 0. The van der Waals surface area contributed by atoms with E-state index in [1.54, 1.807) is 11.8 Å². The molecule has 0 radical (unpaired) electrons. The van der Waals surface area contributed by atoms with Gasteiger partial charge in [-0.3, -0.25) is 19.3 Å². The van der Waals surface area contributed by atoms with Crippen LogP contribution in [0.1, 0.15) is 31.1 Å². The van der Waals surface area contributed by atoms with Gasteiger partial charge in [-0.15, -0.1) is 0 Å². The number of halogens is 1. The predicted octanol–water partition coefficient (Wildman–Crippen LogP) is 2.66. The minimum Gasteiger partial charge on any atom is -0.438 e. The van der Waals surface area contributed by atoms with Crippen molar-refractivity contribution in [2.75, 3.05) is 25.0 Å². The number of carbonyl (C=O) groups is 2. The number of piperazine rings is 1. The van der Waals surface area contributed by atoms with E-state index in [9.17, 15) is 18.8 Å². The Kier molecular flexibility index (Phi) is 7.11. The van der Waals surface area contributed by atoms with Crippen molar-refractivity contribution >= 4 is 17.6 Å². The molecule has 0 spiro atoms. The number of nitrogens with zero attached hydrogens (tertiary/aromatic N) is 4. The molecule has 188 valence electrons. The van der Waals surface area contributed by atoms with Crippen molar-refractivity contribution < 1.29 is 18.7 Å². The first-order chi connectivity index (χ1) is 17.1. The largest absolute Gasteiger partial charge is 0.438 e. The highest BCUT2D eigenvalue weighted by Crippen LogP contribution is 2.25. The van der Waals surface area contributed by atoms with Gasteiger partial charge < -0.3 is 19.9 Å². The van der Waals surface area contributed by atoms with Crippen LogP contribution in [0.3, 0.4) is 0 Å². The summed E-state index contributed by atoms with van der Waals surface area (Å²) in [4.78, 5) is 51.8. The molecule has 0 aliphatic carbocycles. The Balaban J connectivity index is 1.34. The van der Waals surface area contributed by atoms with E-state index in [4.69, 9.17) is 4.74 Å². The molecule has 10 nitrogen and oxygen atoms in total. The highest BCUT2D eigenvalue weighted by Gasteiger charge is 2.39. The number of hydrogen-bond donors (Lipinski definition) is 2. The summed E-state index contributed by atoms with van der Waals surface area (Å²) < 4.78 is 18.5. The summed E-state index contributed by atoms with van der Waals surface area (Å²) in [6.07, 6.45) is 4.17. The molecule has 3 heterocycles. The Morgan fingerprint density at radius 1 is 1.11 bits per heavy atom. The number of nitrogens with one attached hydrogen (secondary N) is 2. The van der Waals surface area contributed by atoms with Crippen molar-refractivity contribution in [2.45, 2.75) is 32.4 Å². The van der Waals surface area contributed by atoms with Gasteiger partial charge in [0.2, 0.25) is 17.3 Å². The zero-order chi connectivity index (χ0) is 25.9. The van der Waals surface area contributed by atoms with E-state index in [1.807, 2.05) is 18.7 Å². The SMILES string of the molecule is C[C@H](C(=O)Nc1cnc(Oc2ccc(F)cc2)cn1)N1CCN(C(=O)c2ccc(=O)[nH]c2)C(C)(C)C1. The average Bonchev–Trinajstić information content (AvgIpc) is 2.85. The molecule has 0 saturated carbocycles. The van der Waals surface area contributed by atoms with E-state index >= 15 is 0 Å². The molecule has 1 aromatic carbocycles. The fourth-order valence-corrected chi connectivity index (χ4v) is 4.05. The van der Waals surface area contributed by atoms with Gasteiger partial charge in [0.15, 0.2) is 5.82 Å². The second kappa shape index (κ2) is 10.2. The molecule has 11 heteroatoms. The average molecular weight is 495 g/mol. The number of hydrogen-bond acceptors (Lipinski definition) is 7. The summed E-state index contributed by atoms with van der Waals surface area (Å²) in [5.74, 6) is 0.0868. The number of pyridine rings is 1. The topological polar surface area (TPSA) is 121 Å². The molecule has 2 N–H and O–H groups in total. The number of carbonyl (C=O) groups excluding carboxylic acids is 2. The molecule has 1 saturated heterocycles. The third-order valence-electron chi connectivity index (χ3n) is 6.05. The molecular weight excluding hydrogens is 467 g/mol. The van der Waals surface area contributed by atoms with Crippen molar-refractivity contribution in [2.24, 2.45) is 0 Å². The zero-order valence-electron chi connectivity index (χ0n) is 20.2. The monoisotopic (exact) mass is 494 g/mol. The molecule has 1 fully saturated rings. The van der Waals surface area contributed by atoms with Gasteiger partial charge in [-0.2, -0.15) is 0 Å². The fraction of sp³-hybridized carbons (Fsp3) is 0.320. The quantitative estimate of drug-likeness (QED) is 0.541. The van der Waals surface area contributed by atoms with E-state index in [-0.39, 0.29) is 34.9 Å². The molecule has 0 bridgehead atoms. The van der Waals surface area contributed by atoms with Gasteiger partial charge >= 0.3 is 0 Å². The standard InChI is InChI=1S/C25H27FN6O4/c1-16(23(34)30-20-13-29-22(14-27-20)36-19-7-5-18(26)6-8-19)31-10-11-32(25(2,3)15-31)24(35)17-4-9-21(33)28-12-17/h4-9,12-14,16H,10-11,15H2,1-3H3,(H,28,33)(H,27,30,34)/t16-/m1/s1. The van der Waals surface area contributed by atoms with Gasteiger partial charge in [0.1, 0.15) is 11.6 Å². The van der Waals surface area contributed by atoms with E-state index in [0.29, 0.717) is 30.9 Å². The maximum absolute atomic E-state index is 13.0. The van der Waals surface area contributed by atoms with Crippen LogP contribution < -0.4 is 15.6 Å². The Bertz CT molecular complexity index is 1270. The summed E-state index contributed by atoms with van der Waals surface area (Å²) in [6.45, 7) is 7.09. The zero-order valence-corrected chi connectivity index (χ0v) is 20.2. The van der Waals surface area contributed by atoms with Crippen LogP contribution in [0.15, 0.2) is 59.8 Å². The second-order valence-electron chi connectivity index (χ2n) is 9.14. The first-order valence-corrected chi connectivity index (χ1v) is 11.4. The van der Waals surface area contributed by atoms with E-state index in [2.05, 4.69) is 20.3 Å². The first kappa shape index (κ1) is 25.0. The van der Waals surface area contributed by atoms with Gasteiger partial charge in [0.05, 0.1) is 29.5 Å². The lowest BCUT2D eigenvalue weighted by molar-refractivity contribution is -0.122. The van der Waals surface area contributed by atoms with Crippen LogP contribution in [-0.2, 0) is 4.79 Å². The van der Waals surface area contributed by atoms with Crippen molar-refractivity contribution in [3.05, 3.63) is 76.7 Å². The number of benzene rings is 1. The minimum atomic E-state index is -0.543. The number of ether oxygens (including phenoxy) is 1. The van der Waals surface area contributed by atoms with Gasteiger partial charge in [-0.05, 0) is 51.1 Å². The van der Waals surface area contributed by atoms with Gasteiger partial charge in [-0.1, -0.05) is 0 Å². The van der Waals surface area contributed by atoms with Crippen molar-refractivity contribution in [3.8, 4) is 11.6 Å². The maximum atomic E-state index is 13.0. The van der Waals surface area contributed by atoms with Crippen LogP contribution in [0.5, 0.6) is 11.6 Å².